The van der Waals surface area contributed by atoms with Crippen molar-refractivity contribution in [2.24, 2.45) is 0 Å². The van der Waals surface area contributed by atoms with E-state index in [-0.39, 0.29) is 17.4 Å². The molecule has 0 fully saturated rings. The predicted octanol–water partition coefficient (Wildman–Crippen LogP) is 4.08. The van der Waals surface area contributed by atoms with Crippen LogP contribution in [0.2, 0.25) is 0 Å². The second-order valence-electron chi connectivity index (χ2n) is 6.87. The molecule has 0 bridgehead atoms. The highest BCUT2D eigenvalue weighted by atomic mass is 32.1. The number of fused-ring (bicyclic) bond motifs is 1. The molecular weight excluding hydrogens is 391 g/mol. The van der Waals surface area contributed by atoms with Crippen molar-refractivity contribution in [2.75, 3.05) is 6.54 Å². The van der Waals surface area contributed by atoms with E-state index >= 15 is 0 Å². The van der Waals surface area contributed by atoms with Crippen LogP contribution >= 0.6 is 11.3 Å². The molecule has 7 heteroatoms. The molecule has 0 saturated heterocycles. The number of halogens is 1. The highest BCUT2D eigenvalue weighted by Gasteiger charge is 2.28. The molecule has 1 aliphatic rings. The van der Waals surface area contributed by atoms with Gasteiger partial charge in [0.1, 0.15) is 10.8 Å². The van der Waals surface area contributed by atoms with Gasteiger partial charge in [-0.15, -0.1) is 11.3 Å². The van der Waals surface area contributed by atoms with Crippen molar-refractivity contribution in [1.82, 2.24) is 9.88 Å². The normalized spacial score (nSPS) is 14.2. The first-order chi connectivity index (χ1) is 14.0. The molecule has 0 radical (unpaired) electrons. The van der Waals surface area contributed by atoms with Gasteiger partial charge in [-0.2, -0.15) is 0 Å². The van der Waals surface area contributed by atoms with Crippen molar-refractivity contribution in [2.45, 2.75) is 26.0 Å². The molecule has 2 heterocycles. The number of aromatic nitrogens is 1. The average Bonchev–Trinajstić information content (AvgIpc) is 3.23. The molecule has 148 valence electrons. The van der Waals surface area contributed by atoms with E-state index in [2.05, 4.69) is 11.1 Å². The maximum absolute atomic E-state index is 13.1. The van der Waals surface area contributed by atoms with Gasteiger partial charge >= 0.3 is 5.97 Å². The summed E-state index contributed by atoms with van der Waals surface area (Å²) in [6.45, 7) is 2.69. The van der Waals surface area contributed by atoms with Gasteiger partial charge in [0.05, 0.1) is 0 Å². The summed E-state index contributed by atoms with van der Waals surface area (Å²) in [5, 5.41) is 2.17. The van der Waals surface area contributed by atoms with Gasteiger partial charge in [-0.3, -0.25) is 4.79 Å². The summed E-state index contributed by atoms with van der Waals surface area (Å²) < 4.78 is 18.4. The van der Waals surface area contributed by atoms with Crippen LogP contribution < -0.4 is 0 Å². The number of ether oxygens (including phenoxy) is 1. The smallest absolute Gasteiger partial charge is 0.358 e. The summed E-state index contributed by atoms with van der Waals surface area (Å²) in [4.78, 5) is 31.1. The average molecular weight is 410 g/mol. The Bertz CT molecular complexity index is 1050. The van der Waals surface area contributed by atoms with Crippen LogP contribution in [0, 0.1) is 5.82 Å². The van der Waals surface area contributed by atoms with Crippen LogP contribution in [0.4, 0.5) is 4.39 Å². The minimum atomic E-state index is -0.899. The topological polar surface area (TPSA) is 59.5 Å². The van der Waals surface area contributed by atoms with E-state index in [0.29, 0.717) is 23.7 Å². The quantitative estimate of drug-likeness (QED) is 0.608. The summed E-state index contributed by atoms with van der Waals surface area (Å²) in [6.07, 6.45) is -0.112. The van der Waals surface area contributed by atoms with Crippen molar-refractivity contribution in [3.8, 4) is 10.6 Å². The van der Waals surface area contributed by atoms with Crippen molar-refractivity contribution < 1.29 is 18.7 Å². The van der Waals surface area contributed by atoms with Gasteiger partial charge in [0.15, 0.2) is 11.8 Å². The Labute approximate surface area is 171 Å². The lowest BCUT2D eigenvalue weighted by Gasteiger charge is -2.30. The Kier molecular flexibility index (Phi) is 5.40. The number of carbonyl (C=O) groups excluding carboxylic acids is 2. The Morgan fingerprint density at radius 1 is 1.14 bits per heavy atom. The van der Waals surface area contributed by atoms with E-state index in [1.807, 2.05) is 18.2 Å². The minimum absolute atomic E-state index is 0.137. The van der Waals surface area contributed by atoms with Crippen LogP contribution in [0.25, 0.3) is 10.6 Å². The molecule has 2 aromatic carbocycles. The highest BCUT2D eigenvalue weighted by Crippen LogP contribution is 2.25. The Morgan fingerprint density at radius 3 is 2.62 bits per heavy atom. The molecule has 4 rings (SSSR count). The van der Waals surface area contributed by atoms with Gasteiger partial charge in [0, 0.05) is 24.0 Å². The molecule has 5 nitrogen and oxygen atoms in total. The maximum Gasteiger partial charge on any atom is 0.358 e. The molecule has 1 amide bonds. The molecule has 1 aromatic heterocycles. The summed E-state index contributed by atoms with van der Waals surface area (Å²) in [5.41, 5.74) is 3.22. The van der Waals surface area contributed by atoms with Crippen molar-refractivity contribution >= 4 is 23.2 Å². The molecule has 3 aromatic rings. The maximum atomic E-state index is 13.1. The first-order valence-electron chi connectivity index (χ1n) is 9.29. The summed E-state index contributed by atoms with van der Waals surface area (Å²) in [7, 11) is 0. The summed E-state index contributed by atoms with van der Waals surface area (Å²) in [5.74, 6) is -1.20. The largest absolute Gasteiger partial charge is 0.448 e. The molecular formula is C22H19FN2O3S. The zero-order valence-corrected chi connectivity index (χ0v) is 16.6. The summed E-state index contributed by atoms with van der Waals surface area (Å²) in [6, 6.07) is 13.9. The molecule has 0 saturated carbocycles. The van der Waals surface area contributed by atoms with Crippen LogP contribution in [-0.2, 0) is 22.5 Å². The standard InChI is InChI=1S/C22H19FN2O3S/c1-14(21(26)25-11-10-15-4-2-3-5-17(15)12-25)28-22(27)19-13-29-20(24-19)16-6-8-18(23)9-7-16/h2-9,13-14H,10-12H2,1H3/t14-/m0/s1. The number of thiazole rings is 1. The number of benzene rings is 2. The number of amides is 1. The number of hydrogen-bond acceptors (Lipinski definition) is 5. The van der Waals surface area contributed by atoms with Crippen LogP contribution in [-0.4, -0.2) is 34.4 Å². The van der Waals surface area contributed by atoms with E-state index in [0.717, 1.165) is 12.0 Å². The van der Waals surface area contributed by atoms with E-state index in [9.17, 15) is 14.0 Å². The molecule has 0 unspecified atom stereocenters. The van der Waals surface area contributed by atoms with Crippen LogP contribution in [0.15, 0.2) is 53.9 Å². The highest BCUT2D eigenvalue weighted by molar-refractivity contribution is 7.13. The van der Waals surface area contributed by atoms with Crippen molar-refractivity contribution in [3.63, 3.8) is 0 Å². The molecule has 0 aliphatic carbocycles. The van der Waals surface area contributed by atoms with E-state index in [1.54, 1.807) is 29.3 Å². The second-order valence-corrected chi connectivity index (χ2v) is 7.73. The first-order valence-corrected chi connectivity index (χ1v) is 10.2. The third-order valence-corrected chi connectivity index (χ3v) is 5.77. The van der Waals surface area contributed by atoms with Crippen LogP contribution in [0.5, 0.6) is 0 Å². The molecule has 1 atom stereocenters. The Hall–Kier alpha value is -3.06. The lowest BCUT2D eigenvalue weighted by molar-refractivity contribution is -0.140. The Balaban J connectivity index is 1.39. The lowest BCUT2D eigenvalue weighted by Crippen LogP contribution is -2.42. The predicted molar refractivity (Wildman–Crippen MR) is 108 cm³/mol. The number of nitrogens with zero attached hydrogens (tertiary/aromatic N) is 2. The zero-order chi connectivity index (χ0) is 20.4. The van der Waals surface area contributed by atoms with Gasteiger partial charge in [-0.25, -0.2) is 14.2 Å². The lowest BCUT2D eigenvalue weighted by atomic mass is 9.99. The van der Waals surface area contributed by atoms with Gasteiger partial charge in [-0.05, 0) is 48.7 Å². The minimum Gasteiger partial charge on any atom is -0.448 e. The van der Waals surface area contributed by atoms with Crippen LogP contribution in [0.1, 0.15) is 28.5 Å². The first kappa shape index (κ1) is 19.3. The summed E-state index contributed by atoms with van der Waals surface area (Å²) >= 11 is 1.26. The molecule has 0 spiro atoms. The third-order valence-electron chi connectivity index (χ3n) is 4.88. The molecule has 0 N–H and O–H groups in total. The van der Waals surface area contributed by atoms with Gasteiger partial charge < -0.3 is 9.64 Å². The number of carbonyl (C=O) groups is 2. The van der Waals surface area contributed by atoms with Crippen LogP contribution in [0.3, 0.4) is 0 Å². The number of esters is 1. The Morgan fingerprint density at radius 2 is 1.86 bits per heavy atom. The van der Waals surface area contributed by atoms with E-state index in [1.165, 1.54) is 29.0 Å². The fourth-order valence-corrected chi connectivity index (χ4v) is 4.10. The zero-order valence-electron chi connectivity index (χ0n) is 15.8. The van der Waals surface area contributed by atoms with E-state index in [4.69, 9.17) is 4.74 Å². The van der Waals surface area contributed by atoms with Crippen molar-refractivity contribution in [1.29, 1.82) is 0 Å². The van der Waals surface area contributed by atoms with Gasteiger partial charge in [-0.1, -0.05) is 24.3 Å². The SMILES string of the molecule is C[C@H](OC(=O)c1csc(-c2ccc(F)cc2)n1)C(=O)N1CCc2ccccc2C1. The second kappa shape index (κ2) is 8.13. The fraction of sp³-hybridized carbons (Fsp3) is 0.227. The monoisotopic (exact) mass is 410 g/mol. The van der Waals surface area contributed by atoms with Gasteiger partial charge in [0.2, 0.25) is 0 Å². The molecule has 1 aliphatic heterocycles. The van der Waals surface area contributed by atoms with E-state index < -0.39 is 12.1 Å². The fourth-order valence-electron chi connectivity index (χ4n) is 3.30. The number of hydrogen-bond donors (Lipinski definition) is 0. The van der Waals surface area contributed by atoms with Gasteiger partial charge in [0.25, 0.3) is 5.91 Å². The van der Waals surface area contributed by atoms with Crippen molar-refractivity contribution in [3.05, 3.63) is 76.5 Å². The number of rotatable bonds is 4. The molecule has 29 heavy (non-hydrogen) atoms. The third kappa shape index (κ3) is 4.19.